The van der Waals surface area contributed by atoms with Crippen LogP contribution in [0.15, 0.2) is 5.22 Å². The molecule has 0 aliphatic heterocycles. The first kappa shape index (κ1) is 36.4. The van der Waals surface area contributed by atoms with E-state index in [-0.39, 0.29) is 49.5 Å². The van der Waals surface area contributed by atoms with Gasteiger partial charge in [0, 0.05) is 6.42 Å². The molecule has 0 spiro atoms. The Hall–Kier alpha value is -0.140. The Morgan fingerprint density at radius 1 is 1.11 bits per heavy atom. The van der Waals surface area contributed by atoms with Crippen molar-refractivity contribution in [2.45, 2.75) is 57.9 Å². The fraction of sp³-hybridized carbons (Fsp3) is 0.900. The van der Waals surface area contributed by atoms with Crippen LogP contribution in [-0.4, -0.2) is 12.3 Å². The van der Waals surface area contributed by atoms with Crippen LogP contribution in [0, 0.1) is 0 Å². The molecule has 0 aromatic carbocycles. The predicted octanol–water partition coefficient (Wildman–Crippen LogP) is -7.52. The van der Waals surface area contributed by atoms with Gasteiger partial charge in [0.2, 0.25) is 0 Å². The van der Waals surface area contributed by atoms with Gasteiger partial charge < -0.3 is 54.3 Å². The minimum Gasteiger partial charge on any atom is -1.00 e. The number of nitrogens with two attached hydrogens (primary N) is 1. The van der Waals surface area contributed by atoms with Crippen molar-refractivity contribution in [3.63, 3.8) is 0 Å². The van der Waals surface area contributed by atoms with Crippen molar-refractivity contribution < 1.29 is 47.1 Å². The van der Waals surface area contributed by atoms with Crippen LogP contribution in [-0.2, 0) is 4.79 Å². The molecule has 0 aliphatic carbocycles. The summed E-state index contributed by atoms with van der Waals surface area (Å²) in [5.41, 5.74) is 0. The van der Waals surface area contributed by atoms with Gasteiger partial charge in [0.1, 0.15) is 12.3 Å². The van der Waals surface area contributed by atoms with Crippen LogP contribution in [0.3, 0.4) is 0 Å². The largest absolute Gasteiger partial charge is 1.00 e. The van der Waals surface area contributed by atoms with Crippen molar-refractivity contribution in [2.24, 2.45) is 11.1 Å². The minimum atomic E-state index is 0. The topological polar surface area (TPSA) is 142 Å². The van der Waals surface area contributed by atoms with Crippen LogP contribution in [0.25, 0.3) is 0 Å². The minimum absolute atomic E-state index is 0. The first-order valence-corrected chi connectivity index (χ1v) is 5.44. The van der Waals surface area contributed by atoms with E-state index in [9.17, 15) is 4.79 Å². The number of hydrogen-bond donors (Lipinski definition) is 4. The summed E-state index contributed by atoms with van der Waals surface area (Å²) >= 11 is 0. The maximum absolute atomic E-state index is 10.0. The Morgan fingerprint density at radius 3 is 2.05 bits per heavy atom. The molecule has 0 saturated carbocycles. The molecule has 19 heavy (non-hydrogen) atoms. The third kappa shape index (κ3) is 27.2. The van der Waals surface area contributed by atoms with Gasteiger partial charge >= 0.3 is 0 Å². The fourth-order valence-electron chi connectivity index (χ4n) is 1.44. The Kier molecular flexibility index (Phi) is 58.8. The number of hydrogen-bond acceptors (Lipinski definition) is 2. The van der Waals surface area contributed by atoms with E-state index in [1.54, 1.807) is 0 Å². The summed E-state index contributed by atoms with van der Waals surface area (Å²) in [6, 6.07) is 0.408. The highest BCUT2D eigenvalue weighted by molar-refractivity contribution is 5.48. The molecule has 122 valence electrons. The van der Waals surface area contributed by atoms with Crippen molar-refractivity contribution >= 4 is 6.29 Å². The quantitative estimate of drug-likeness (QED) is 0.109. The first-order chi connectivity index (χ1) is 6.85. The molecule has 1 atom stereocenters. The van der Waals surface area contributed by atoms with Gasteiger partial charge in [0.25, 0.3) is 0 Å². The maximum Gasteiger partial charge on any atom is 0.119 e. The Bertz CT molecular complexity index is 175. The molecular formula is C10H30Cl3N5O. The molecule has 1 unspecified atom stereocenters. The zero-order valence-electron chi connectivity index (χ0n) is 12.2. The van der Waals surface area contributed by atoms with E-state index >= 15 is 0 Å². The van der Waals surface area contributed by atoms with E-state index in [1.807, 2.05) is 0 Å². The SMILES string of the molecule is CCC(CCCCCCC=O)[NH+]=NN.[Cl-].[Cl-].[Cl-].[NH4+].[NH4+]. The van der Waals surface area contributed by atoms with Gasteiger partial charge in [-0.3, -0.25) is 0 Å². The molecule has 0 aliphatic rings. The zero-order valence-corrected chi connectivity index (χ0v) is 14.4. The normalized spacial score (nSPS) is 9.74. The highest BCUT2D eigenvalue weighted by Crippen LogP contribution is 2.06. The van der Waals surface area contributed by atoms with Crippen LogP contribution in [0.1, 0.15) is 51.9 Å². The van der Waals surface area contributed by atoms with E-state index in [0.29, 0.717) is 12.5 Å². The van der Waals surface area contributed by atoms with Crippen LogP contribution in [0.2, 0.25) is 0 Å². The summed E-state index contributed by atoms with van der Waals surface area (Å²) in [5.74, 6) is 5.05. The van der Waals surface area contributed by atoms with Gasteiger partial charge in [-0.25, -0.2) is 0 Å². The standard InChI is InChI=1S/C10H21N3O.3ClH.2H3N/c1-2-10(12-13-11)8-6-4-3-5-7-9-14;;;;;/h9-10H,2-8H2,1H3,(H2,11,12);3*1H;2*1H3. The zero-order chi connectivity index (χ0) is 10.6. The molecule has 0 amide bonds. The molecule has 0 aromatic rings. The van der Waals surface area contributed by atoms with Gasteiger partial charge in [0.05, 0.1) is 5.22 Å². The summed E-state index contributed by atoms with van der Waals surface area (Å²) in [7, 11) is 0. The van der Waals surface area contributed by atoms with Crippen molar-refractivity contribution in [1.82, 2.24) is 12.3 Å². The van der Waals surface area contributed by atoms with E-state index < -0.39 is 0 Å². The Morgan fingerprint density at radius 2 is 1.63 bits per heavy atom. The van der Waals surface area contributed by atoms with Crippen molar-refractivity contribution in [3.05, 3.63) is 0 Å². The van der Waals surface area contributed by atoms with Gasteiger partial charge in [-0.1, -0.05) is 19.8 Å². The van der Waals surface area contributed by atoms with Crippen LogP contribution >= 0.6 is 0 Å². The number of halogens is 3. The highest BCUT2D eigenvalue weighted by atomic mass is 35.5. The maximum atomic E-state index is 10.0. The third-order valence-electron chi connectivity index (χ3n) is 2.37. The Balaban J connectivity index is -0.0000000845. The second-order valence-electron chi connectivity index (χ2n) is 3.52. The summed E-state index contributed by atoms with van der Waals surface area (Å²) in [6.07, 6.45) is 8.39. The van der Waals surface area contributed by atoms with Crippen LogP contribution < -0.4 is 60.5 Å². The van der Waals surface area contributed by atoms with Crippen molar-refractivity contribution in [1.29, 1.82) is 0 Å². The number of carbonyl (C=O) groups excluding carboxylic acids is 1. The lowest BCUT2D eigenvalue weighted by molar-refractivity contribution is -0.576. The number of unbranched alkanes of at least 4 members (excludes halogenated alkanes) is 4. The average Bonchev–Trinajstić information content (AvgIpc) is 2.21. The molecular weight excluding hydrogens is 313 g/mol. The van der Waals surface area contributed by atoms with E-state index in [0.717, 1.165) is 32.0 Å². The lowest BCUT2D eigenvalue weighted by Gasteiger charge is -2.04. The van der Waals surface area contributed by atoms with Gasteiger partial charge in [0.15, 0.2) is 0 Å². The second kappa shape index (κ2) is 30.7. The molecule has 0 saturated heterocycles. The summed E-state index contributed by atoms with van der Waals surface area (Å²) in [5, 5.41) is 6.32. The van der Waals surface area contributed by atoms with E-state index in [1.165, 1.54) is 12.8 Å². The number of aldehydes is 1. The van der Waals surface area contributed by atoms with E-state index in [2.05, 4.69) is 17.3 Å². The Labute approximate surface area is 135 Å². The summed E-state index contributed by atoms with van der Waals surface area (Å²) < 4.78 is 0. The van der Waals surface area contributed by atoms with Crippen molar-refractivity contribution in [2.75, 3.05) is 0 Å². The molecule has 6 nitrogen and oxygen atoms in total. The molecule has 0 bridgehead atoms. The number of rotatable bonds is 9. The van der Waals surface area contributed by atoms with Crippen LogP contribution in [0.4, 0.5) is 0 Å². The molecule has 0 heterocycles. The van der Waals surface area contributed by atoms with Crippen LogP contribution in [0.5, 0.6) is 0 Å². The number of carbonyl (C=O) groups is 1. The van der Waals surface area contributed by atoms with Crippen molar-refractivity contribution in [3.8, 4) is 0 Å². The third-order valence-corrected chi connectivity index (χ3v) is 2.37. The van der Waals surface area contributed by atoms with Gasteiger partial charge in [-0.05, 0) is 25.7 Å². The lowest BCUT2D eigenvalue weighted by Crippen LogP contribution is -3.00. The fourth-order valence-corrected chi connectivity index (χ4v) is 1.44. The summed E-state index contributed by atoms with van der Waals surface area (Å²) in [4.78, 5) is 10.0. The number of quaternary nitrogens is 2. The van der Waals surface area contributed by atoms with E-state index in [4.69, 9.17) is 5.84 Å². The molecule has 11 N–H and O–H groups in total. The smallest absolute Gasteiger partial charge is 0.119 e. The highest BCUT2D eigenvalue weighted by Gasteiger charge is 2.05. The van der Waals surface area contributed by atoms with Gasteiger partial charge in [-0.2, -0.15) is 11.0 Å². The predicted molar refractivity (Wildman–Crippen MR) is 67.4 cm³/mol. The lowest BCUT2D eigenvalue weighted by atomic mass is 10.1. The molecule has 0 fully saturated rings. The number of nitrogens with zero attached hydrogens (tertiary/aromatic N) is 1. The molecule has 0 radical (unpaired) electrons. The monoisotopic (exact) mass is 341 g/mol. The first-order valence-electron chi connectivity index (χ1n) is 5.44. The van der Waals surface area contributed by atoms with Gasteiger partial charge in [-0.15, -0.1) is 0 Å². The molecule has 0 rings (SSSR count). The molecule has 9 heteroatoms. The summed E-state index contributed by atoms with van der Waals surface area (Å²) in [6.45, 7) is 2.12. The average molecular weight is 343 g/mol. The second-order valence-corrected chi connectivity index (χ2v) is 3.52. The molecule has 0 aromatic heterocycles. The number of nitrogens with one attached hydrogen (secondary N) is 1.